The smallest absolute Gasteiger partial charge is 0.311 e. The second kappa shape index (κ2) is 5.41. The van der Waals surface area contributed by atoms with Crippen molar-refractivity contribution in [3.8, 4) is 11.6 Å². The molecule has 21 heavy (non-hydrogen) atoms. The van der Waals surface area contributed by atoms with E-state index in [1.54, 1.807) is 13.0 Å². The van der Waals surface area contributed by atoms with Crippen LogP contribution in [0.25, 0.3) is 0 Å². The number of nitrogen functional groups attached to an aromatic ring is 1. The third kappa shape index (κ3) is 3.03. The van der Waals surface area contributed by atoms with Crippen LogP contribution in [0.2, 0.25) is 0 Å². The zero-order chi connectivity index (χ0) is 15.6. The van der Waals surface area contributed by atoms with Crippen LogP contribution in [0.1, 0.15) is 5.56 Å². The number of ether oxygens (including phenoxy) is 1. The van der Waals surface area contributed by atoms with Gasteiger partial charge in [0.15, 0.2) is 0 Å². The van der Waals surface area contributed by atoms with Crippen LogP contribution in [0.4, 0.5) is 17.2 Å². The molecule has 9 nitrogen and oxygen atoms in total. The van der Waals surface area contributed by atoms with Crippen LogP contribution in [0, 0.1) is 27.2 Å². The Bertz CT molecular complexity index is 732. The maximum atomic E-state index is 10.9. The van der Waals surface area contributed by atoms with Crippen LogP contribution in [0.15, 0.2) is 30.3 Å². The monoisotopic (exact) mass is 290 g/mol. The van der Waals surface area contributed by atoms with Gasteiger partial charge in [0.1, 0.15) is 0 Å². The van der Waals surface area contributed by atoms with Crippen LogP contribution in [-0.4, -0.2) is 14.8 Å². The minimum atomic E-state index is -0.679. The molecule has 0 bridgehead atoms. The molecule has 0 aliphatic rings. The van der Waals surface area contributed by atoms with Crippen LogP contribution >= 0.6 is 0 Å². The fourth-order valence-corrected chi connectivity index (χ4v) is 1.63. The number of benzene rings is 1. The number of pyridine rings is 1. The van der Waals surface area contributed by atoms with E-state index in [0.29, 0.717) is 0 Å². The van der Waals surface area contributed by atoms with Gasteiger partial charge < -0.3 is 10.5 Å². The molecule has 2 N–H and O–H groups in total. The lowest BCUT2D eigenvalue weighted by atomic mass is 10.2. The summed E-state index contributed by atoms with van der Waals surface area (Å²) in [5.74, 6) is -0.402. The van der Waals surface area contributed by atoms with Crippen LogP contribution in [-0.2, 0) is 0 Å². The normalized spacial score (nSPS) is 10.1. The molecule has 0 atom stereocenters. The predicted octanol–water partition coefficient (Wildman–Crippen LogP) is 2.58. The van der Waals surface area contributed by atoms with Gasteiger partial charge in [-0.05, 0) is 18.6 Å². The van der Waals surface area contributed by atoms with Gasteiger partial charge in [0.05, 0.1) is 9.85 Å². The number of aryl methyl sites for hydroxylation is 1. The number of rotatable bonds is 4. The lowest BCUT2D eigenvalue weighted by molar-refractivity contribution is -0.385. The van der Waals surface area contributed by atoms with Gasteiger partial charge in [-0.3, -0.25) is 20.2 Å². The number of nitro benzene ring substituents is 1. The first-order valence-electron chi connectivity index (χ1n) is 5.72. The summed E-state index contributed by atoms with van der Waals surface area (Å²) >= 11 is 0. The Balaban J connectivity index is 2.38. The van der Waals surface area contributed by atoms with Crippen molar-refractivity contribution in [1.82, 2.24) is 4.98 Å². The minimum Gasteiger partial charge on any atom is -0.432 e. The van der Waals surface area contributed by atoms with Gasteiger partial charge in [0.2, 0.25) is 17.4 Å². The molecule has 2 aromatic rings. The molecule has 0 saturated heterocycles. The van der Waals surface area contributed by atoms with E-state index in [1.807, 2.05) is 0 Å². The van der Waals surface area contributed by atoms with Gasteiger partial charge in [0, 0.05) is 18.2 Å². The van der Waals surface area contributed by atoms with Gasteiger partial charge in [-0.2, -0.15) is 4.98 Å². The summed E-state index contributed by atoms with van der Waals surface area (Å²) < 4.78 is 5.31. The predicted molar refractivity (Wildman–Crippen MR) is 73.2 cm³/mol. The molecule has 2 rings (SSSR count). The summed E-state index contributed by atoms with van der Waals surface area (Å²) in [5.41, 5.74) is 5.60. The summed E-state index contributed by atoms with van der Waals surface area (Å²) in [4.78, 5) is 24.0. The number of hydrogen-bond donors (Lipinski definition) is 1. The van der Waals surface area contributed by atoms with Gasteiger partial charge in [-0.15, -0.1) is 0 Å². The Morgan fingerprint density at radius 2 is 1.71 bits per heavy atom. The summed E-state index contributed by atoms with van der Waals surface area (Å²) in [6.07, 6.45) is 0. The molecule has 1 aromatic carbocycles. The SMILES string of the molecule is Cc1ccc([N+](=O)[O-])c(Oc2ccc([N+](=O)[O-])c(N)n2)c1. The zero-order valence-corrected chi connectivity index (χ0v) is 10.8. The van der Waals surface area contributed by atoms with E-state index in [2.05, 4.69) is 4.98 Å². The summed E-state index contributed by atoms with van der Waals surface area (Å²) in [6.45, 7) is 1.74. The van der Waals surface area contributed by atoms with E-state index >= 15 is 0 Å². The first-order chi connectivity index (χ1) is 9.88. The molecule has 0 aliphatic heterocycles. The molecule has 0 unspecified atom stereocenters. The third-order valence-corrected chi connectivity index (χ3v) is 2.60. The second-order valence-electron chi connectivity index (χ2n) is 4.14. The molecule has 0 amide bonds. The topological polar surface area (TPSA) is 134 Å². The highest BCUT2D eigenvalue weighted by Gasteiger charge is 2.18. The highest BCUT2D eigenvalue weighted by Crippen LogP contribution is 2.32. The molecule has 0 radical (unpaired) electrons. The number of anilines is 1. The molecule has 0 fully saturated rings. The Hall–Kier alpha value is -3.23. The summed E-state index contributed by atoms with van der Waals surface area (Å²) in [5, 5.41) is 21.6. The minimum absolute atomic E-state index is 0.0132. The van der Waals surface area contributed by atoms with Crippen molar-refractivity contribution < 1.29 is 14.6 Å². The van der Waals surface area contributed by atoms with Crippen molar-refractivity contribution in [2.75, 3.05) is 5.73 Å². The van der Waals surface area contributed by atoms with Crippen molar-refractivity contribution in [3.63, 3.8) is 0 Å². The van der Waals surface area contributed by atoms with Crippen molar-refractivity contribution in [3.05, 3.63) is 56.1 Å². The highest BCUT2D eigenvalue weighted by atomic mass is 16.6. The molecule has 0 aliphatic carbocycles. The molecule has 0 spiro atoms. The van der Waals surface area contributed by atoms with E-state index < -0.39 is 9.85 Å². The third-order valence-electron chi connectivity index (χ3n) is 2.60. The number of nitrogens with zero attached hydrogens (tertiary/aromatic N) is 3. The van der Waals surface area contributed by atoms with E-state index in [9.17, 15) is 20.2 Å². The molecule has 9 heteroatoms. The van der Waals surface area contributed by atoms with Gasteiger partial charge in [-0.1, -0.05) is 6.07 Å². The average Bonchev–Trinajstić information content (AvgIpc) is 2.37. The average molecular weight is 290 g/mol. The Kier molecular flexibility index (Phi) is 3.65. The van der Waals surface area contributed by atoms with Gasteiger partial charge in [-0.25, -0.2) is 0 Å². The summed E-state index contributed by atoms with van der Waals surface area (Å²) in [7, 11) is 0. The molecular formula is C12H10N4O5. The maximum Gasteiger partial charge on any atom is 0.311 e. The number of nitrogens with two attached hydrogens (primary N) is 1. The van der Waals surface area contributed by atoms with Crippen LogP contribution < -0.4 is 10.5 Å². The molecule has 108 valence electrons. The van der Waals surface area contributed by atoms with Crippen molar-refractivity contribution in [1.29, 1.82) is 0 Å². The summed E-state index contributed by atoms with van der Waals surface area (Å²) in [6, 6.07) is 6.69. The van der Waals surface area contributed by atoms with E-state index in [-0.39, 0.29) is 28.8 Å². The van der Waals surface area contributed by atoms with Crippen molar-refractivity contribution >= 4 is 17.2 Å². The number of hydrogen-bond acceptors (Lipinski definition) is 7. The van der Waals surface area contributed by atoms with Crippen molar-refractivity contribution in [2.45, 2.75) is 6.92 Å². The quantitative estimate of drug-likeness (QED) is 0.675. The molecule has 1 heterocycles. The fraction of sp³-hybridized carbons (Fsp3) is 0.0833. The molecular weight excluding hydrogens is 280 g/mol. The molecule has 1 aromatic heterocycles. The Labute approximate surface area is 118 Å². The van der Waals surface area contributed by atoms with Crippen molar-refractivity contribution in [2.24, 2.45) is 0 Å². The maximum absolute atomic E-state index is 10.9. The Morgan fingerprint density at radius 1 is 1.10 bits per heavy atom. The first kappa shape index (κ1) is 14.2. The first-order valence-corrected chi connectivity index (χ1v) is 5.72. The lowest BCUT2D eigenvalue weighted by Gasteiger charge is -2.06. The molecule has 0 saturated carbocycles. The highest BCUT2D eigenvalue weighted by molar-refractivity contribution is 5.55. The van der Waals surface area contributed by atoms with Gasteiger partial charge in [0.25, 0.3) is 0 Å². The van der Waals surface area contributed by atoms with E-state index in [0.717, 1.165) is 11.6 Å². The van der Waals surface area contributed by atoms with Crippen LogP contribution in [0.5, 0.6) is 11.6 Å². The van der Waals surface area contributed by atoms with Gasteiger partial charge >= 0.3 is 11.4 Å². The zero-order valence-electron chi connectivity index (χ0n) is 10.8. The lowest BCUT2D eigenvalue weighted by Crippen LogP contribution is -2.00. The number of nitro groups is 2. The fourth-order valence-electron chi connectivity index (χ4n) is 1.63. The van der Waals surface area contributed by atoms with Crippen LogP contribution in [0.3, 0.4) is 0 Å². The number of aromatic nitrogens is 1. The largest absolute Gasteiger partial charge is 0.432 e. The second-order valence-corrected chi connectivity index (χ2v) is 4.14. The van der Waals surface area contributed by atoms with E-state index in [4.69, 9.17) is 10.5 Å². The Morgan fingerprint density at radius 3 is 2.29 bits per heavy atom. The standard InChI is InChI=1S/C12H10N4O5/c1-7-2-3-8(15(17)18)10(6-7)21-11-5-4-9(16(19)20)12(13)14-11/h2-6H,1H3,(H2,13,14). The van der Waals surface area contributed by atoms with E-state index in [1.165, 1.54) is 18.2 Å².